The van der Waals surface area contributed by atoms with Crippen LogP contribution in [0.1, 0.15) is 29.2 Å². The standard InChI is InChI=1S/C14H10BF4NO4/c1-23-13-10(17)9(16)4-7-11(13)20(6-2-3-6)5-8(12(7)21)14(22)24-15(18)19/h4-6H,2-3H2,1H3. The Labute approximate surface area is 133 Å². The Morgan fingerprint density at radius 2 is 2.00 bits per heavy atom. The zero-order valence-electron chi connectivity index (χ0n) is 12.3. The number of carbonyl (C=O) groups excluding carboxylic acids is 1. The predicted molar refractivity (Wildman–Crippen MR) is 76.3 cm³/mol. The second-order valence-corrected chi connectivity index (χ2v) is 5.28. The molecule has 126 valence electrons. The Hall–Kier alpha value is -2.52. The molecule has 0 atom stereocenters. The van der Waals surface area contributed by atoms with Gasteiger partial charge < -0.3 is 14.0 Å². The number of halogens is 4. The molecular weight excluding hydrogens is 333 g/mol. The van der Waals surface area contributed by atoms with E-state index in [0.29, 0.717) is 18.9 Å². The summed E-state index contributed by atoms with van der Waals surface area (Å²) in [4.78, 5) is 24.1. The third kappa shape index (κ3) is 2.61. The van der Waals surface area contributed by atoms with Gasteiger partial charge in [0.1, 0.15) is 5.56 Å². The van der Waals surface area contributed by atoms with E-state index in [-0.39, 0.29) is 16.9 Å². The van der Waals surface area contributed by atoms with Crippen LogP contribution < -0.4 is 10.2 Å². The minimum absolute atomic E-state index is 0.0301. The van der Waals surface area contributed by atoms with Crippen molar-refractivity contribution in [3.05, 3.63) is 39.7 Å². The molecule has 1 fully saturated rings. The first-order valence-electron chi connectivity index (χ1n) is 6.95. The van der Waals surface area contributed by atoms with E-state index in [9.17, 15) is 27.0 Å². The van der Waals surface area contributed by atoms with Gasteiger partial charge in [0.05, 0.1) is 18.0 Å². The van der Waals surface area contributed by atoms with Gasteiger partial charge in [0.15, 0.2) is 11.6 Å². The lowest BCUT2D eigenvalue weighted by Crippen LogP contribution is -2.24. The summed E-state index contributed by atoms with van der Waals surface area (Å²) in [6.45, 7) is 0. The van der Waals surface area contributed by atoms with Crippen LogP contribution in [0.15, 0.2) is 17.1 Å². The van der Waals surface area contributed by atoms with E-state index in [0.717, 1.165) is 13.3 Å². The van der Waals surface area contributed by atoms with Crippen LogP contribution in [0.2, 0.25) is 0 Å². The Balaban J connectivity index is 2.35. The van der Waals surface area contributed by atoms with E-state index in [4.69, 9.17) is 4.74 Å². The molecule has 3 rings (SSSR count). The summed E-state index contributed by atoms with van der Waals surface area (Å²) in [5.74, 6) is -4.64. The molecule has 1 heterocycles. The third-order valence-electron chi connectivity index (χ3n) is 3.73. The van der Waals surface area contributed by atoms with Gasteiger partial charge in [0.25, 0.3) is 0 Å². The molecule has 0 amide bonds. The van der Waals surface area contributed by atoms with Gasteiger partial charge in [-0.1, -0.05) is 0 Å². The maximum absolute atomic E-state index is 14.0. The van der Waals surface area contributed by atoms with Crippen molar-refractivity contribution in [2.45, 2.75) is 18.9 Å². The smallest absolute Gasteiger partial charge is 0.491 e. The van der Waals surface area contributed by atoms with Crippen molar-refractivity contribution in [2.75, 3.05) is 7.11 Å². The van der Waals surface area contributed by atoms with Gasteiger partial charge >= 0.3 is 13.4 Å². The van der Waals surface area contributed by atoms with Gasteiger partial charge in [-0.15, -0.1) is 0 Å². The molecule has 24 heavy (non-hydrogen) atoms. The summed E-state index contributed by atoms with van der Waals surface area (Å²) in [7, 11) is -2.29. The molecule has 0 aliphatic heterocycles. The quantitative estimate of drug-likeness (QED) is 0.633. The first-order valence-corrected chi connectivity index (χ1v) is 6.95. The average Bonchev–Trinajstić information content (AvgIpc) is 3.34. The summed E-state index contributed by atoms with van der Waals surface area (Å²) in [5.41, 5.74) is -1.75. The lowest BCUT2D eigenvalue weighted by Gasteiger charge is -2.16. The number of hydrogen-bond donors (Lipinski definition) is 0. The monoisotopic (exact) mass is 343 g/mol. The van der Waals surface area contributed by atoms with Crippen molar-refractivity contribution < 1.29 is 31.6 Å². The third-order valence-corrected chi connectivity index (χ3v) is 3.73. The summed E-state index contributed by atoms with van der Waals surface area (Å²) in [5, 5.41) is -0.346. The number of nitrogens with zero attached hydrogens (tertiary/aromatic N) is 1. The van der Waals surface area contributed by atoms with E-state index in [1.54, 1.807) is 0 Å². The molecule has 0 spiro atoms. The van der Waals surface area contributed by atoms with Crippen molar-refractivity contribution in [2.24, 2.45) is 0 Å². The molecule has 0 N–H and O–H groups in total. The fourth-order valence-corrected chi connectivity index (χ4v) is 2.55. The van der Waals surface area contributed by atoms with Crippen LogP contribution in [0.5, 0.6) is 5.75 Å². The van der Waals surface area contributed by atoms with E-state index >= 15 is 0 Å². The number of carbonyl (C=O) groups is 1. The van der Waals surface area contributed by atoms with E-state index in [2.05, 4.69) is 4.65 Å². The minimum atomic E-state index is -3.40. The van der Waals surface area contributed by atoms with Gasteiger partial charge in [-0.3, -0.25) is 4.79 Å². The number of methoxy groups -OCH3 is 1. The molecule has 1 aromatic heterocycles. The number of pyridine rings is 1. The number of hydrogen-bond acceptors (Lipinski definition) is 4. The van der Waals surface area contributed by atoms with Crippen LogP contribution in [0.25, 0.3) is 10.9 Å². The summed E-state index contributed by atoms with van der Waals surface area (Å²) in [6.07, 6.45) is 2.36. The molecule has 10 heteroatoms. The maximum Gasteiger partial charge on any atom is 0.798 e. The number of benzene rings is 1. The molecule has 0 saturated heterocycles. The van der Waals surface area contributed by atoms with Gasteiger partial charge in [-0.05, 0) is 18.9 Å². The highest BCUT2D eigenvalue weighted by molar-refractivity contribution is 6.38. The van der Waals surface area contributed by atoms with Crippen molar-refractivity contribution in [3.8, 4) is 5.75 Å². The van der Waals surface area contributed by atoms with Crippen LogP contribution in [0.3, 0.4) is 0 Å². The number of aromatic nitrogens is 1. The van der Waals surface area contributed by atoms with Crippen molar-refractivity contribution >= 4 is 24.3 Å². The van der Waals surface area contributed by atoms with Gasteiger partial charge in [-0.25, -0.2) is 17.8 Å². The minimum Gasteiger partial charge on any atom is -0.491 e. The van der Waals surface area contributed by atoms with Crippen LogP contribution in [0, 0.1) is 11.6 Å². The average molecular weight is 343 g/mol. The van der Waals surface area contributed by atoms with Crippen LogP contribution in [0.4, 0.5) is 17.4 Å². The van der Waals surface area contributed by atoms with Crippen LogP contribution in [-0.2, 0) is 4.65 Å². The topological polar surface area (TPSA) is 57.5 Å². The fraction of sp³-hybridized carbons (Fsp3) is 0.286. The lowest BCUT2D eigenvalue weighted by atomic mass is 10.1. The molecule has 0 radical (unpaired) electrons. The van der Waals surface area contributed by atoms with E-state index < -0.39 is 41.8 Å². The molecule has 1 aromatic carbocycles. The van der Waals surface area contributed by atoms with Crippen molar-refractivity contribution in [1.82, 2.24) is 4.57 Å². The zero-order valence-corrected chi connectivity index (χ0v) is 12.3. The molecule has 2 aromatic rings. The molecule has 1 saturated carbocycles. The van der Waals surface area contributed by atoms with Gasteiger partial charge in [-0.2, -0.15) is 4.39 Å². The highest BCUT2D eigenvalue weighted by Crippen LogP contribution is 2.40. The largest absolute Gasteiger partial charge is 0.798 e. The Bertz CT molecular complexity index is 895. The second kappa shape index (κ2) is 5.84. The number of ether oxygens (including phenoxy) is 1. The zero-order chi connectivity index (χ0) is 17.6. The van der Waals surface area contributed by atoms with Crippen LogP contribution in [-0.4, -0.2) is 25.1 Å². The Morgan fingerprint density at radius 3 is 2.54 bits per heavy atom. The first-order chi connectivity index (χ1) is 11.3. The van der Waals surface area contributed by atoms with Gasteiger partial charge in [0.2, 0.25) is 11.2 Å². The van der Waals surface area contributed by atoms with Gasteiger partial charge in [0, 0.05) is 12.2 Å². The summed E-state index contributed by atoms with van der Waals surface area (Å²) >= 11 is 0. The molecule has 0 unspecified atom stereocenters. The normalized spacial score (nSPS) is 13.9. The fourth-order valence-electron chi connectivity index (χ4n) is 2.55. The SMILES string of the molecule is COc1c(F)c(F)cc2c(=O)c(C(=O)OB(F)F)cn(C3CC3)c12. The predicted octanol–water partition coefficient (Wildman–Crippen LogP) is 2.70. The molecule has 0 bridgehead atoms. The highest BCUT2D eigenvalue weighted by atomic mass is 19.2. The molecular formula is C14H10BF4NO4. The summed E-state index contributed by atoms with van der Waals surface area (Å²) < 4.78 is 62.1. The maximum atomic E-state index is 14.0. The summed E-state index contributed by atoms with van der Waals surface area (Å²) in [6, 6.07) is 0.443. The van der Waals surface area contributed by atoms with E-state index in [1.807, 2.05) is 0 Å². The Kier molecular flexibility index (Phi) is 3.98. The molecule has 1 aliphatic carbocycles. The number of rotatable bonds is 4. The number of fused-ring (bicyclic) bond motifs is 1. The Morgan fingerprint density at radius 1 is 1.33 bits per heavy atom. The lowest BCUT2D eigenvalue weighted by molar-refractivity contribution is 0.0693. The highest BCUT2D eigenvalue weighted by Gasteiger charge is 2.32. The van der Waals surface area contributed by atoms with Crippen molar-refractivity contribution in [3.63, 3.8) is 0 Å². The second-order valence-electron chi connectivity index (χ2n) is 5.28. The van der Waals surface area contributed by atoms with E-state index in [1.165, 1.54) is 4.57 Å². The first kappa shape index (κ1) is 16.3. The van der Waals surface area contributed by atoms with Crippen molar-refractivity contribution in [1.29, 1.82) is 0 Å². The molecule has 1 aliphatic rings. The van der Waals surface area contributed by atoms with Crippen LogP contribution >= 0.6 is 0 Å². The molecule has 5 nitrogen and oxygen atoms in total.